The molecule has 0 bridgehead atoms. The van der Waals surface area contributed by atoms with Gasteiger partial charge < -0.3 is 21.7 Å². The molecule has 0 fully saturated rings. The minimum atomic E-state index is -0.616. The number of hydrogen-bond donors (Lipinski definition) is 4. The Morgan fingerprint density at radius 3 is 1.60 bits per heavy atom. The Morgan fingerprint density at radius 2 is 1.60 bits per heavy atom. The second-order valence-electron chi connectivity index (χ2n) is 2.14. The average molecular weight is 150 g/mol. The summed E-state index contributed by atoms with van der Waals surface area (Å²) in [6, 6.07) is -0.0602. The van der Waals surface area contributed by atoms with Crippen LogP contribution in [0.3, 0.4) is 0 Å². The molecule has 2 unspecified atom stereocenters. The predicted octanol–water partition coefficient (Wildman–Crippen LogP) is -1.00. The van der Waals surface area contributed by atoms with Gasteiger partial charge in [-0.25, -0.2) is 0 Å². The number of rotatable bonds is 2. The third-order valence-corrected chi connectivity index (χ3v) is 0.706. The molecule has 0 spiro atoms. The van der Waals surface area contributed by atoms with Crippen molar-refractivity contribution in [2.75, 3.05) is 6.61 Å². The van der Waals surface area contributed by atoms with Crippen LogP contribution in [0.15, 0.2) is 0 Å². The fraction of sp³-hybridized carbons (Fsp3) is 1.00. The first kappa shape index (κ1) is 12.5. The van der Waals surface area contributed by atoms with Gasteiger partial charge in [0, 0.05) is 6.04 Å². The summed E-state index contributed by atoms with van der Waals surface area (Å²) in [6.45, 7) is 3.66. The Balaban J connectivity index is 0. The molecule has 4 heteroatoms. The maximum atomic E-state index is 8.14. The van der Waals surface area contributed by atoms with Crippen LogP contribution in [0.2, 0.25) is 0 Å². The van der Waals surface area contributed by atoms with Gasteiger partial charge in [0.25, 0.3) is 0 Å². The van der Waals surface area contributed by atoms with Gasteiger partial charge in [0.15, 0.2) is 0 Å². The first-order valence-electron chi connectivity index (χ1n) is 3.34. The van der Waals surface area contributed by atoms with Crippen LogP contribution >= 0.6 is 0 Å². The third kappa shape index (κ3) is 24.9. The summed E-state index contributed by atoms with van der Waals surface area (Å²) in [5.74, 6) is 0. The number of aliphatic hydroxyl groups excluding tert-OH is 2. The van der Waals surface area contributed by atoms with Gasteiger partial charge >= 0.3 is 0 Å². The summed E-state index contributed by atoms with van der Waals surface area (Å²) in [4.78, 5) is 0. The molecule has 0 aromatic carbocycles. The summed E-state index contributed by atoms with van der Waals surface area (Å²) in [5, 5.41) is 16.2. The zero-order chi connectivity index (χ0) is 8.57. The molecule has 0 amide bonds. The Kier molecular flexibility index (Phi) is 11.1. The van der Waals surface area contributed by atoms with Crippen molar-refractivity contribution in [3.63, 3.8) is 0 Å². The van der Waals surface area contributed by atoms with Crippen LogP contribution in [0, 0.1) is 0 Å². The van der Waals surface area contributed by atoms with E-state index in [1.165, 1.54) is 0 Å². The first-order chi connectivity index (χ1) is 4.54. The molecule has 0 aromatic heterocycles. The highest BCUT2D eigenvalue weighted by Gasteiger charge is 1.81. The summed E-state index contributed by atoms with van der Waals surface area (Å²) in [7, 11) is 0. The summed E-state index contributed by atoms with van der Waals surface area (Å²) in [6.07, 6.45) is 0.0231. The number of hydrogen-bond acceptors (Lipinski definition) is 4. The van der Waals surface area contributed by atoms with E-state index in [0.717, 1.165) is 0 Å². The van der Waals surface area contributed by atoms with Gasteiger partial charge in [-0.15, -0.1) is 0 Å². The summed E-state index contributed by atoms with van der Waals surface area (Å²) < 4.78 is 0. The van der Waals surface area contributed by atoms with Gasteiger partial charge in [0.05, 0.1) is 6.61 Å². The highest BCUT2D eigenvalue weighted by molar-refractivity contribution is 4.43. The lowest BCUT2D eigenvalue weighted by molar-refractivity contribution is 0.178. The SMILES string of the molecule is CC(N)CO.CCC(N)O. The van der Waals surface area contributed by atoms with Crippen molar-refractivity contribution in [2.45, 2.75) is 32.5 Å². The van der Waals surface area contributed by atoms with Crippen molar-refractivity contribution in [1.82, 2.24) is 0 Å². The lowest BCUT2D eigenvalue weighted by atomic mass is 10.4. The zero-order valence-electron chi connectivity index (χ0n) is 6.62. The summed E-state index contributed by atoms with van der Waals surface area (Å²) >= 11 is 0. The van der Waals surface area contributed by atoms with Crippen LogP contribution in [-0.4, -0.2) is 29.1 Å². The highest BCUT2D eigenvalue weighted by Crippen LogP contribution is 1.72. The standard InChI is InChI=1S/2C3H9NO/c1-3(4)2-5;1-2-3(4)5/h2*3,5H,2,4H2,1H3. The van der Waals surface area contributed by atoms with Gasteiger partial charge in [-0.2, -0.15) is 0 Å². The Labute approximate surface area is 61.8 Å². The molecular weight excluding hydrogens is 132 g/mol. The Morgan fingerprint density at radius 1 is 1.40 bits per heavy atom. The fourth-order valence-corrected chi connectivity index (χ4v) is 0. The van der Waals surface area contributed by atoms with Crippen LogP contribution in [0.5, 0.6) is 0 Å². The average Bonchev–Trinajstić information content (AvgIpc) is 1.89. The predicted molar refractivity (Wildman–Crippen MR) is 41.2 cm³/mol. The van der Waals surface area contributed by atoms with Crippen LogP contribution in [0.4, 0.5) is 0 Å². The van der Waals surface area contributed by atoms with E-state index in [1.807, 2.05) is 6.92 Å². The molecule has 0 saturated carbocycles. The molecule has 0 aliphatic carbocycles. The molecule has 0 aliphatic rings. The molecule has 6 N–H and O–H groups in total. The largest absolute Gasteiger partial charge is 0.395 e. The molecule has 2 atom stereocenters. The van der Waals surface area contributed by atoms with E-state index in [4.69, 9.17) is 21.7 Å². The number of aliphatic hydroxyl groups is 2. The normalized spacial score (nSPS) is 15.0. The molecule has 0 rings (SSSR count). The van der Waals surface area contributed by atoms with E-state index in [9.17, 15) is 0 Å². The van der Waals surface area contributed by atoms with Crippen molar-refractivity contribution in [1.29, 1.82) is 0 Å². The molecule has 0 aliphatic heterocycles. The second-order valence-corrected chi connectivity index (χ2v) is 2.14. The van der Waals surface area contributed by atoms with E-state index >= 15 is 0 Å². The first-order valence-corrected chi connectivity index (χ1v) is 3.34. The zero-order valence-corrected chi connectivity index (χ0v) is 6.62. The van der Waals surface area contributed by atoms with E-state index in [2.05, 4.69) is 0 Å². The van der Waals surface area contributed by atoms with Crippen LogP contribution in [-0.2, 0) is 0 Å². The van der Waals surface area contributed by atoms with Crippen molar-refractivity contribution in [3.8, 4) is 0 Å². The maximum absolute atomic E-state index is 8.14. The molecule has 4 nitrogen and oxygen atoms in total. The third-order valence-electron chi connectivity index (χ3n) is 0.706. The molecule has 10 heavy (non-hydrogen) atoms. The van der Waals surface area contributed by atoms with Crippen LogP contribution < -0.4 is 11.5 Å². The lowest BCUT2D eigenvalue weighted by Gasteiger charge is -1.91. The van der Waals surface area contributed by atoms with E-state index in [0.29, 0.717) is 6.42 Å². The Bertz CT molecular complexity index is 49.7. The van der Waals surface area contributed by atoms with Gasteiger partial charge in [-0.3, -0.25) is 0 Å². The second kappa shape index (κ2) is 8.84. The Hall–Kier alpha value is -0.160. The molecule has 0 heterocycles. The van der Waals surface area contributed by atoms with Crippen LogP contribution in [0.25, 0.3) is 0 Å². The lowest BCUT2D eigenvalue weighted by Crippen LogP contribution is -2.18. The van der Waals surface area contributed by atoms with Gasteiger partial charge in [0.2, 0.25) is 0 Å². The van der Waals surface area contributed by atoms with Crippen molar-refractivity contribution >= 4 is 0 Å². The minimum absolute atomic E-state index is 0.0602. The van der Waals surface area contributed by atoms with Crippen molar-refractivity contribution < 1.29 is 10.2 Å². The van der Waals surface area contributed by atoms with E-state index < -0.39 is 6.23 Å². The smallest absolute Gasteiger partial charge is 0.102 e. The van der Waals surface area contributed by atoms with E-state index in [1.54, 1.807) is 6.92 Å². The monoisotopic (exact) mass is 150 g/mol. The van der Waals surface area contributed by atoms with Crippen LogP contribution in [0.1, 0.15) is 20.3 Å². The fourth-order valence-electron chi connectivity index (χ4n) is 0. The van der Waals surface area contributed by atoms with E-state index in [-0.39, 0.29) is 12.6 Å². The molecular formula is C6H18N2O2. The number of nitrogens with two attached hydrogens (primary N) is 2. The van der Waals surface area contributed by atoms with Gasteiger partial charge in [0.1, 0.15) is 6.23 Å². The maximum Gasteiger partial charge on any atom is 0.102 e. The van der Waals surface area contributed by atoms with Crippen molar-refractivity contribution in [3.05, 3.63) is 0 Å². The van der Waals surface area contributed by atoms with Crippen molar-refractivity contribution in [2.24, 2.45) is 11.5 Å². The minimum Gasteiger partial charge on any atom is -0.395 e. The quantitative estimate of drug-likeness (QED) is 0.380. The highest BCUT2D eigenvalue weighted by atomic mass is 16.3. The van der Waals surface area contributed by atoms with Gasteiger partial charge in [-0.05, 0) is 13.3 Å². The van der Waals surface area contributed by atoms with Gasteiger partial charge in [-0.1, -0.05) is 6.92 Å². The summed E-state index contributed by atoms with van der Waals surface area (Å²) in [5.41, 5.74) is 9.89. The molecule has 0 saturated heterocycles. The molecule has 0 radical (unpaired) electrons. The topological polar surface area (TPSA) is 92.5 Å². The molecule has 0 aromatic rings. The molecule has 64 valence electrons.